The molecule has 0 spiro atoms. The van der Waals surface area contributed by atoms with Gasteiger partial charge in [-0.25, -0.2) is 9.97 Å². The number of hydrogen-bond donors (Lipinski definition) is 1. The summed E-state index contributed by atoms with van der Waals surface area (Å²) in [5.41, 5.74) is 10.9. The number of nitrogens with zero attached hydrogens (tertiary/aromatic N) is 4. The highest BCUT2D eigenvalue weighted by Crippen LogP contribution is 2.29. The summed E-state index contributed by atoms with van der Waals surface area (Å²) in [5, 5.41) is 1.25. The molecule has 1 atom stereocenters. The van der Waals surface area contributed by atoms with Gasteiger partial charge in [0, 0.05) is 48.2 Å². The molecule has 2 N–H and O–H groups in total. The fraction of sp³-hybridized carbons (Fsp3) is 0.115. The van der Waals surface area contributed by atoms with Crippen LogP contribution in [0.1, 0.15) is 17.3 Å². The van der Waals surface area contributed by atoms with E-state index in [0.29, 0.717) is 21.3 Å². The van der Waals surface area contributed by atoms with Crippen molar-refractivity contribution in [2.75, 3.05) is 0 Å². The summed E-state index contributed by atoms with van der Waals surface area (Å²) in [6.07, 6.45) is 5.39. The maximum atomic E-state index is 12.4. The van der Waals surface area contributed by atoms with Crippen molar-refractivity contribution in [2.45, 2.75) is 6.04 Å². The molecule has 0 aliphatic carbocycles. The Hall–Kier alpha value is -3.45. The number of rotatable bonds is 3. The van der Waals surface area contributed by atoms with Crippen LogP contribution in [0.15, 0.2) is 90.2 Å². The van der Waals surface area contributed by atoms with Crippen LogP contribution in [-0.4, -0.2) is 19.1 Å². The molecule has 6 nitrogen and oxygen atoms in total. The molecule has 0 fully saturated rings. The predicted molar refractivity (Wildman–Crippen MR) is 138 cm³/mol. The Labute approximate surface area is 207 Å². The lowest BCUT2D eigenvalue weighted by Crippen LogP contribution is -2.18. The minimum atomic E-state index is -0.411. The maximum absolute atomic E-state index is 12.4. The Bertz CT molecular complexity index is 1480. The Morgan fingerprint density at radius 3 is 2.32 bits per heavy atom. The molecule has 0 bridgehead atoms. The van der Waals surface area contributed by atoms with Crippen LogP contribution in [0.25, 0.3) is 22.2 Å². The van der Waals surface area contributed by atoms with Crippen molar-refractivity contribution in [1.29, 1.82) is 0 Å². The first-order chi connectivity index (χ1) is 16.3. The van der Waals surface area contributed by atoms with Crippen molar-refractivity contribution in [3.63, 3.8) is 0 Å². The normalized spacial score (nSPS) is 11.7. The second-order valence-electron chi connectivity index (χ2n) is 7.83. The number of aromatic nitrogens is 4. The third-order valence-corrected chi connectivity index (χ3v) is 5.92. The van der Waals surface area contributed by atoms with Crippen molar-refractivity contribution in [3.8, 4) is 11.1 Å². The number of aryl methyl sites for hydroxylation is 2. The minimum absolute atomic E-state index is 0.112. The average Bonchev–Trinajstić information content (AvgIpc) is 3.32. The molecule has 0 saturated heterocycles. The summed E-state index contributed by atoms with van der Waals surface area (Å²) in [6, 6.07) is 19.7. The Balaban J connectivity index is 0.000000398. The molecule has 5 rings (SSSR count). The summed E-state index contributed by atoms with van der Waals surface area (Å²) in [4.78, 5) is 21.1. The number of fused-ring (bicyclic) bond motifs is 1. The van der Waals surface area contributed by atoms with Gasteiger partial charge in [-0.3, -0.25) is 4.79 Å². The molecule has 3 heterocycles. The number of imidazole rings is 1. The van der Waals surface area contributed by atoms with Crippen LogP contribution in [0, 0.1) is 0 Å². The second kappa shape index (κ2) is 10.2. The first-order valence-electron chi connectivity index (χ1n) is 10.5. The predicted octanol–water partition coefficient (Wildman–Crippen LogP) is 5.38. The van der Waals surface area contributed by atoms with Crippen LogP contribution >= 0.6 is 23.2 Å². The zero-order valence-corrected chi connectivity index (χ0v) is 20.2. The van der Waals surface area contributed by atoms with Gasteiger partial charge in [0.25, 0.3) is 5.56 Å². The van der Waals surface area contributed by atoms with Crippen LogP contribution < -0.4 is 11.3 Å². The lowest BCUT2D eigenvalue weighted by Gasteiger charge is -2.15. The number of nitrogens with two attached hydrogens (primary N) is 1. The van der Waals surface area contributed by atoms with Gasteiger partial charge in [-0.05, 0) is 47.5 Å². The SMILES string of the molecule is Cn1c(=O)cc(-c2cccc(Cl)c2)c2nc(C(N)c3ccc(Cl)cc3)ccc21.Cn1ccnc1. The molecule has 172 valence electrons. The zero-order valence-electron chi connectivity index (χ0n) is 18.7. The maximum Gasteiger partial charge on any atom is 0.251 e. The van der Waals surface area contributed by atoms with Gasteiger partial charge < -0.3 is 14.9 Å². The molecule has 2 aromatic carbocycles. The Morgan fingerprint density at radius 2 is 1.71 bits per heavy atom. The van der Waals surface area contributed by atoms with Gasteiger partial charge in [0.05, 0.1) is 29.1 Å². The van der Waals surface area contributed by atoms with Gasteiger partial charge in [0.2, 0.25) is 0 Å². The van der Waals surface area contributed by atoms with Crippen LogP contribution in [0.3, 0.4) is 0 Å². The second-order valence-corrected chi connectivity index (χ2v) is 8.70. The van der Waals surface area contributed by atoms with Crippen molar-refractivity contribution in [1.82, 2.24) is 19.1 Å². The third-order valence-electron chi connectivity index (χ3n) is 5.43. The highest BCUT2D eigenvalue weighted by molar-refractivity contribution is 6.31. The van der Waals surface area contributed by atoms with Crippen molar-refractivity contribution >= 4 is 34.2 Å². The average molecular weight is 492 g/mol. The Kier molecular flexibility index (Phi) is 7.12. The van der Waals surface area contributed by atoms with E-state index in [1.807, 2.05) is 60.3 Å². The van der Waals surface area contributed by atoms with Gasteiger partial charge in [-0.1, -0.05) is 47.5 Å². The summed E-state index contributed by atoms with van der Waals surface area (Å²) < 4.78 is 3.47. The highest BCUT2D eigenvalue weighted by atomic mass is 35.5. The molecular weight excluding hydrogens is 469 g/mol. The van der Waals surface area contributed by atoms with Crippen molar-refractivity contribution in [3.05, 3.63) is 117 Å². The van der Waals surface area contributed by atoms with Gasteiger partial charge >= 0.3 is 0 Å². The lowest BCUT2D eigenvalue weighted by atomic mass is 10.0. The van der Waals surface area contributed by atoms with E-state index in [0.717, 1.165) is 22.2 Å². The molecule has 0 aliphatic heterocycles. The molecule has 1 unspecified atom stereocenters. The molecule has 0 aliphatic rings. The largest absolute Gasteiger partial charge is 0.341 e. The quantitative estimate of drug-likeness (QED) is 0.367. The van der Waals surface area contributed by atoms with E-state index >= 15 is 0 Å². The third kappa shape index (κ3) is 5.20. The smallest absolute Gasteiger partial charge is 0.251 e. The summed E-state index contributed by atoms with van der Waals surface area (Å²) in [5.74, 6) is 0. The molecule has 3 aromatic heterocycles. The minimum Gasteiger partial charge on any atom is -0.341 e. The molecule has 0 amide bonds. The van der Waals surface area contributed by atoms with E-state index in [1.165, 1.54) is 0 Å². The summed E-state index contributed by atoms with van der Waals surface area (Å²) in [7, 11) is 3.67. The van der Waals surface area contributed by atoms with Gasteiger partial charge in [-0.2, -0.15) is 0 Å². The van der Waals surface area contributed by atoms with Crippen LogP contribution in [0.5, 0.6) is 0 Å². The van der Waals surface area contributed by atoms with Gasteiger partial charge in [0.15, 0.2) is 0 Å². The number of benzene rings is 2. The molecule has 34 heavy (non-hydrogen) atoms. The molecule has 0 saturated carbocycles. The number of pyridine rings is 2. The van der Waals surface area contributed by atoms with Gasteiger partial charge in [0.1, 0.15) is 0 Å². The van der Waals surface area contributed by atoms with Crippen LogP contribution in [-0.2, 0) is 14.1 Å². The monoisotopic (exact) mass is 491 g/mol. The number of hydrogen-bond acceptors (Lipinski definition) is 4. The van der Waals surface area contributed by atoms with Crippen molar-refractivity contribution < 1.29 is 0 Å². The van der Waals surface area contributed by atoms with Crippen LogP contribution in [0.4, 0.5) is 0 Å². The first-order valence-corrected chi connectivity index (χ1v) is 11.3. The first kappa shape index (κ1) is 23.7. The standard InChI is InChI=1S/C22H17Cl2N3O.C4H6N2/c1-27-19-10-9-18(21(25)13-5-7-15(23)8-6-13)26-22(19)17(12-20(27)28)14-3-2-4-16(24)11-14;1-6-3-2-5-4-6/h2-12,21H,25H2,1H3;2-4H,1H3. The lowest BCUT2D eigenvalue weighted by molar-refractivity contribution is 0.831. The zero-order chi connectivity index (χ0) is 24.2. The number of halogens is 2. The van der Waals surface area contributed by atoms with Crippen LogP contribution in [0.2, 0.25) is 10.0 Å². The van der Waals surface area contributed by atoms with E-state index in [1.54, 1.807) is 48.4 Å². The van der Waals surface area contributed by atoms with Crippen molar-refractivity contribution in [2.24, 2.45) is 19.8 Å². The fourth-order valence-electron chi connectivity index (χ4n) is 3.56. The summed E-state index contributed by atoms with van der Waals surface area (Å²) >= 11 is 12.1. The van der Waals surface area contributed by atoms with E-state index in [-0.39, 0.29) is 5.56 Å². The highest BCUT2D eigenvalue weighted by Gasteiger charge is 2.15. The molecular formula is C26H23Cl2N5O. The summed E-state index contributed by atoms with van der Waals surface area (Å²) in [6.45, 7) is 0. The molecule has 8 heteroatoms. The topological polar surface area (TPSA) is 78.7 Å². The Morgan fingerprint density at radius 1 is 0.941 bits per heavy atom. The van der Waals surface area contributed by atoms with E-state index in [2.05, 4.69) is 4.98 Å². The van der Waals surface area contributed by atoms with E-state index in [4.69, 9.17) is 33.9 Å². The fourth-order valence-corrected chi connectivity index (χ4v) is 3.88. The molecule has 5 aromatic rings. The molecule has 0 radical (unpaired) electrons. The van der Waals surface area contributed by atoms with Gasteiger partial charge in [-0.15, -0.1) is 0 Å². The van der Waals surface area contributed by atoms with E-state index < -0.39 is 6.04 Å². The van der Waals surface area contributed by atoms with E-state index in [9.17, 15) is 4.79 Å².